The molecule has 0 amide bonds. The molecule has 0 aliphatic rings. The summed E-state index contributed by atoms with van der Waals surface area (Å²) in [5, 5.41) is 3.32. The van der Waals surface area contributed by atoms with Gasteiger partial charge in [-0.05, 0) is 31.7 Å². The Morgan fingerprint density at radius 1 is 0.833 bits per heavy atom. The Balaban J connectivity index is 3.41. The van der Waals surface area contributed by atoms with Crippen molar-refractivity contribution in [2.75, 3.05) is 45.3 Å². The molecule has 0 aliphatic heterocycles. The molecule has 0 radical (unpaired) electrons. The SMILES string of the molecule is CC(C)CCOCCOCCNS(=O)(=O)CCCCCNC(C)C. The standard InChI is InChI=1S/C17H38N2O4S/c1-16(2)8-11-22-13-14-23-12-10-19-24(20,21)15-7-5-6-9-18-17(3)4/h16-19H,5-15H2,1-4H3. The van der Waals surface area contributed by atoms with Crippen molar-refractivity contribution in [2.24, 2.45) is 5.92 Å². The summed E-state index contributed by atoms with van der Waals surface area (Å²) in [4.78, 5) is 0. The second kappa shape index (κ2) is 15.1. The molecule has 0 saturated carbocycles. The number of unbranched alkanes of at least 4 members (excludes halogenated alkanes) is 2. The van der Waals surface area contributed by atoms with Gasteiger partial charge in [-0.25, -0.2) is 13.1 Å². The molecule has 0 heterocycles. The van der Waals surface area contributed by atoms with Crippen molar-refractivity contribution in [1.82, 2.24) is 10.0 Å². The molecule has 0 bridgehead atoms. The van der Waals surface area contributed by atoms with E-state index in [4.69, 9.17) is 9.47 Å². The fraction of sp³-hybridized carbons (Fsp3) is 1.00. The van der Waals surface area contributed by atoms with Crippen LogP contribution in [-0.2, 0) is 19.5 Å². The predicted octanol–water partition coefficient (Wildman–Crippen LogP) is 2.15. The summed E-state index contributed by atoms with van der Waals surface area (Å²) in [5.41, 5.74) is 0. The molecule has 0 rings (SSSR count). The third-order valence-electron chi connectivity index (χ3n) is 3.42. The topological polar surface area (TPSA) is 76.7 Å². The van der Waals surface area contributed by atoms with Crippen LogP contribution in [0.3, 0.4) is 0 Å². The highest BCUT2D eigenvalue weighted by molar-refractivity contribution is 7.89. The van der Waals surface area contributed by atoms with Gasteiger partial charge in [-0.2, -0.15) is 0 Å². The van der Waals surface area contributed by atoms with E-state index in [9.17, 15) is 8.42 Å². The van der Waals surface area contributed by atoms with Crippen LogP contribution < -0.4 is 10.0 Å². The Bertz CT molecular complexity index is 373. The van der Waals surface area contributed by atoms with Crippen molar-refractivity contribution >= 4 is 10.0 Å². The highest BCUT2D eigenvalue weighted by atomic mass is 32.2. The van der Waals surface area contributed by atoms with E-state index in [-0.39, 0.29) is 5.75 Å². The summed E-state index contributed by atoms with van der Waals surface area (Å²) < 4.78 is 37.0. The first-order chi connectivity index (χ1) is 11.3. The molecule has 0 aromatic carbocycles. The third-order valence-corrected chi connectivity index (χ3v) is 4.89. The van der Waals surface area contributed by atoms with Crippen molar-refractivity contribution < 1.29 is 17.9 Å². The van der Waals surface area contributed by atoms with E-state index in [0.717, 1.165) is 32.4 Å². The van der Waals surface area contributed by atoms with Crippen LogP contribution in [0.15, 0.2) is 0 Å². The van der Waals surface area contributed by atoms with Gasteiger partial charge in [-0.15, -0.1) is 0 Å². The first kappa shape index (κ1) is 23.8. The molecule has 0 aromatic rings. The second-order valence-corrected chi connectivity index (χ2v) is 8.72. The van der Waals surface area contributed by atoms with Gasteiger partial charge in [0, 0.05) is 19.2 Å². The van der Waals surface area contributed by atoms with Gasteiger partial charge < -0.3 is 14.8 Å². The maximum atomic E-state index is 11.8. The van der Waals surface area contributed by atoms with E-state index in [0.29, 0.717) is 44.7 Å². The summed E-state index contributed by atoms with van der Waals surface area (Å²) in [5.74, 6) is 0.833. The van der Waals surface area contributed by atoms with Crippen LogP contribution in [0.2, 0.25) is 0 Å². The average Bonchev–Trinajstić information content (AvgIpc) is 2.48. The fourth-order valence-corrected chi connectivity index (χ4v) is 3.09. The van der Waals surface area contributed by atoms with Crippen LogP contribution in [0.1, 0.15) is 53.4 Å². The minimum absolute atomic E-state index is 0.187. The summed E-state index contributed by atoms with van der Waals surface area (Å²) in [6.45, 7) is 12.0. The van der Waals surface area contributed by atoms with Gasteiger partial charge in [-0.1, -0.05) is 34.1 Å². The lowest BCUT2D eigenvalue weighted by Gasteiger charge is -2.09. The lowest BCUT2D eigenvalue weighted by Crippen LogP contribution is -2.30. The zero-order valence-corrected chi connectivity index (χ0v) is 16.8. The van der Waals surface area contributed by atoms with Gasteiger partial charge in [0.05, 0.1) is 25.6 Å². The van der Waals surface area contributed by atoms with Crippen LogP contribution in [0.5, 0.6) is 0 Å². The van der Waals surface area contributed by atoms with E-state index in [1.54, 1.807) is 0 Å². The Labute approximate surface area is 149 Å². The van der Waals surface area contributed by atoms with Crippen molar-refractivity contribution in [3.05, 3.63) is 0 Å². The van der Waals surface area contributed by atoms with Crippen molar-refractivity contribution in [3.63, 3.8) is 0 Å². The molecular formula is C17H38N2O4S. The number of ether oxygens (including phenoxy) is 2. The third kappa shape index (κ3) is 18.1. The Hall–Kier alpha value is -0.210. The van der Waals surface area contributed by atoms with E-state index < -0.39 is 10.0 Å². The van der Waals surface area contributed by atoms with Gasteiger partial charge >= 0.3 is 0 Å². The largest absolute Gasteiger partial charge is 0.379 e. The highest BCUT2D eigenvalue weighted by Crippen LogP contribution is 1.99. The van der Waals surface area contributed by atoms with E-state index in [1.165, 1.54) is 0 Å². The quantitative estimate of drug-likeness (QED) is 0.386. The van der Waals surface area contributed by atoms with Gasteiger partial charge in [0.2, 0.25) is 10.0 Å². The maximum Gasteiger partial charge on any atom is 0.211 e. The average molecular weight is 367 g/mol. The van der Waals surface area contributed by atoms with Crippen molar-refractivity contribution in [3.8, 4) is 0 Å². The number of hydrogen-bond donors (Lipinski definition) is 2. The second-order valence-electron chi connectivity index (χ2n) is 6.79. The van der Waals surface area contributed by atoms with Crippen LogP contribution in [0, 0.1) is 5.92 Å². The van der Waals surface area contributed by atoms with Gasteiger partial charge in [-0.3, -0.25) is 0 Å². The summed E-state index contributed by atoms with van der Waals surface area (Å²) in [6, 6.07) is 0.482. The molecule has 146 valence electrons. The predicted molar refractivity (Wildman–Crippen MR) is 99.9 cm³/mol. The van der Waals surface area contributed by atoms with Gasteiger partial charge in [0.15, 0.2) is 0 Å². The molecule has 0 fully saturated rings. The van der Waals surface area contributed by atoms with Gasteiger partial charge in [0.1, 0.15) is 0 Å². The number of hydrogen-bond acceptors (Lipinski definition) is 5. The zero-order valence-electron chi connectivity index (χ0n) is 16.0. The molecule has 0 atom stereocenters. The Morgan fingerprint density at radius 3 is 2.12 bits per heavy atom. The Kier molecular flexibility index (Phi) is 14.9. The minimum Gasteiger partial charge on any atom is -0.379 e. The molecule has 0 aromatic heterocycles. The first-order valence-corrected chi connectivity index (χ1v) is 10.8. The van der Waals surface area contributed by atoms with Crippen LogP contribution >= 0.6 is 0 Å². The lowest BCUT2D eigenvalue weighted by molar-refractivity contribution is 0.0461. The molecule has 2 N–H and O–H groups in total. The van der Waals surface area contributed by atoms with E-state index >= 15 is 0 Å². The summed E-state index contributed by atoms with van der Waals surface area (Å²) >= 11 is 0. The minimum atomic E-state index is -3.18. The molecule has 6 nitrogen and oxygen atoms in total. The molecular weight excluding hydrogens is 328 g/mol. The normalized spacial score (nSPS) is 12.4. The van der Waals surface area contributed by atoms with Gasteiger partial charge in [0.25, 0.3) is 0 Å². The summed E-state index contributed by atoms with van der Waals surface area (Å²) in [6.07, 6.45) is 3.67. The molecule has 0 unspecified atom stereocenters. The maximum absolute atomic E-state index is 11.8. The highest BCUT2D eigenvalue weighted by Gasteiger charge is 2.08. The monoisotopic (exact) mass is 366 g/mol. The molecule has 0 spiro atoms. The van der Waals surface area contributed by atoms with Crippen molar-refractivity contribution in [2.45, 2.75) is 59.4 Å². The lowest BCUT2D eigenvalue weighted by atomic mass is 10.1. The molecule has 0 aliphatic carbocycles. The van der Waals surface area contributed by atoms with Crippen LogP contribution in [-0.4, -0.2) is 59.7 Å². The number of nitrogens with one attached hydrogen (secondary N) is 2. The Morgan fingerprint density at radius 2 is 1.50 bits per heavy atom. The van der Waals surface area contributed by atoms with Crippen LogP contribution in [0.4, 0.5) is 0 Å². The first-order valence-electron chi connectivity index (χ1n) is 9.19. The number of sulfonamides is 1. The van der Waals surface area contributed by atoms with E-state index in [1.807, 2.05) is 0 Å². The fourth-order valence-electron chi connectivity index (χ4n) is 1.97. The molecule has 0 saturated heterocycles. The zero-order chi connectivity index (χ0) is 18.3. The molecule has 24 heavy (non-hydrogen) atoms. The number of rotatable bonds is 17. The smallest absolute Gasteiger partial charge is 0.211 e. The summed E-state index contributed by atoms with van der Waals surface area (Å²) in [7, 11) is -3.18. The van der Waals surface area contributed by atoms with E-state index in [2.05, 4.69) is 37.7 Å². The van der Waals surface area contributed by atoms with Crippen LogP contribution in [0.25, 0.3) is 0 Å². The molecule has 7 heteroatoms. The van der Waals surface area contributed by atoms with Crippen molar-refractivity contribution in [1.29, 1.82) is 0 Å².